The Labute approximate surface area is 63.2 Å². The minimum Gasteiger partial charge on any atom is -0.384 e. The van der Waals surface area contributed by atoms with E-state index in [1.165, 1.54) is 13.0 Å². The topological polar surface area (TPSA) is 63.1 Å². The first-order valence-electron chi connectivity index (χ1n) is 3.35. The summed E-state index contributed by atoms with van der Waals surface area (Å²) >= 11 is 0. The van der Waals surface area contributed by atoms with Crippen molar-refractivity contribution < 1.29 is 9.32 Å². The Morgan fingerprint density at radius 1 is 1.73 bits per heavy atom. The number of hydrogen-bond donors (Lipinski definition) is 1. The van der Waals surface area contributed by atoms with E-state index in [0.29, 0.717) is 18.6 Å². The summed E-state index contributed by atoms with van der Waals surface area (Å²) in [6, 6.07) is 1.35. The molecule has 60 valence electrons. The fourth-order valence-electron chi connectivity index (χ4n) is 0.743. The fraction of sp³-hybridized carbons (Fsp3) is 0.429. The van der Waals surface area contributed by atoms with Crippen LogP contribution in [0.15, 0.2) is 15.4 Å². The summed E-state index contributed by atoms with van der Waals surface area (Å²) in [5.74, 6) is 0.624. The molecule has 4 nitrogen and oxygen atoms in total. The van der Waals surface area contributed by atoms with E-state index in [1.54, 1.807) is 0 Å². The van der Waals surface area contributed by atoms with E-state index in [2.05, 4.69) is 5.16 Å². The van der Waals surface area contributed by atoms with Crippen molar-refractivity contribution in [2.24, 2.45) is 0 Å². The number of hydrogen-bond acceptors (Lipinski definition) is 3. The molecule has 0 radical (unpaired) electrons. The molecule has 0 unspecified atom stereocenters. The quantitative estimate of drug-likeness (QED) is 0.690. The van der Waals surface area contributed by atoms with Gasteiger partial charge >= 0.3 is 0 Å². The van der Waals surface area contributed by atoms with Crippen LogP contribution in [0.4, 0.5) is 0 Å². The van der Waals surface area contributed by atoms with Crippen molar-refractivity contribution in [3.63, 3.8) is 0 Å². The number of H-pyrrole nitrogens is 1. The first-order valence-corrected chi connectivity index (χ1v) is 3.35. The zero-order chi connectivity index (χ0) is 8.27. The van der Waals surface area contributed by atoms with Crippen LogP contribution >= 0.6 is 0 Å². The maximum Gasteiger partial charge on any atom is 0.280 e. The van der Waals surface area contributed by atoms with Crippen LogP contribution in [0.5, 0.6) is 0 Å². The maximum atomic E-state index is 10.5. The van der Waals surface area contributed by atoms with Crippen LogP contribution in [0.25, 0.3) is 0 Å². The lowest BCUT2D eigenvalue weighted by atomic mass is 10.2. The summed E-state index contributed by atoms with van der Waals surface area (Å²) in [5, 5.41) is 2.15. The number of aromatic amines is 1. The predicted octanol–water partition coefficient (Wildman–Crippen LogP) is 0.489. The first kappa shape index (κ1) is 7.78. The number of aromatic nitrogens is 1. The van der Waals surface area contributed by atoms with Crippen molar-refractivity contribution in [3.05, 3.63) is 22.2 Å². The van der Waals surface area contributed by atoms with Gasteiger partial charge in [0.2, 0.25) is 0 Å². The molecule has 0 aliphatic rings. The highest BCUT2D eigenvalue weighted by Crippen LogP contribution is 1.97. The van der Waals surface area contributed by atoms with Crippen molar-refractivity contribution in [1.29, 1.82) is 0 Å². The molecule has 1 heterocycles. The highest BCUT2D eigenvalue weighted by Gasteiger charge is 2.00. The molecule has 1 aromatic rings. The van der Waals surface area contributed by atoms with Crippen molar-refractivity contribution >= 4 is 5.78 Å². The summed E-state index contributed by atoms with van der Waals surface area (Å²) in [6.45, 7) is 1.50. The average Bonchev–Trinajstić information content (AvgIpc) is 2.31. The molecule has 11 heavy (non-hydrogen) atoms. The number of aryl methyl sites for hydroxylation is 1. The minimum atomic E-state index is -0.261. The van der Waals surface area contributed by atoms with Gasteiger partial charge in [0.25, 0.3) is 5.56 Å². The van der Waals surface area contributed by atoms with Gasteiger partial charge in [-0.05, 0) is 6.92 Å². The SMILES string of the molecule is CC(=O)CCc1cc(=O)[nH]o1. The van der Waals surface area contributed by atoms with Crippen LogP contribution in [0, 0.1) is 0 Å². The van der Waals surface area contributed by atoms with E-state index < -0.39 is 0 Å². The molecule has 0 bridgehead atoms. The number of Topliss-reactive ketones (excluding diaryl/α,β-unsaturated/α-hetero) is 1. The molecule has 0 saturated heterocycles. The minimum absolute atomic E-state index is 0.0915. The number of ketones is 1. The van der Waals surface area contributed by atoms with Gasteiger partial charge in [-0.1, -0.05) is 0 Å². The van der Waals surface area contributed by atoms with Crippen molar-refractivity contribution in [3.8, 4) is 0 Å². The van der Waals surface area contributed by atoms with Crippen LogP contribution < -0.4 is 5.56 Å². The van der Waals surface area contributed by atoms with Gasteiger partial charge in [0, 0.05) is 18.9 Å². The molecular formula is C7H9NO3. The van der Waals surface area contributed by atoms with Gasteiger partial charge in [-0.15, -0.1) is 0 Å². The predicted molar refractivity (Wildman–Crippen MR) is 38.3 cm³/mol. The van der Waals surface area contributed by atoms with E-state index in [4.69, 9.17) is 4.52 Å². The van der Waals surface area contributed by atoms with Crippen molar-refractivity contribution in [2.75, 3.05) is 0 Å². The maximum absolute atomic E-state index is 10.5. The normalized spacial score (nSPS) is 9.91. The van der Waals surface area contributed by atoms with Crippen LogP contribution in [-0.4, -0.2) is 10.9 Å². The summed E-state index contributed by atoms with van der Waals surface area (Å²) in [5.41, 5.74) is -0.261. The van der Waals surface area contributed by atoms with E-state index in [0.717, 1.165) is 0 Å². The van der Waals surface area contributed by atoms with Crippen LogP contribution in [0.1, 0.15) is 19.1 Å². The van der Waals surface area contributed by atoms with E-state index >= 15 is 0 Å². The zero-order valence-corrected chi connectivity index (χ0v) is 6.22. The van der Waals surface area contributed by atoms with Crippen LogP contribution in [-0.2, 0) is 11.2 Å². The van der Waals surface area contributed by atoms with Crippen LogP contribution in [0.3, 0.4) is 0 Å². The second kappa shape index (κ2) is 3.18. The third kappa shape index (κ3) is 2.41. The molecule has 1 rings (SSSR count). The van der Waals surface area contributed by atoms with Gasteiger partial charge in [0.15, 0.2) is 0 Å². The lowest BCUT2D eigenvalue weighted by Gasteiger charge is -1.88. The fourth-order valence-corrected chi connectivity index (χ4v) is 0.743. The molecule has 0 spiro atoms. The van der Waals surface area contributed by atoms with E-state index in [-0.39, 0.29) is 11.3 Å². The lowest BCUT2D eigenvalue weighted by molar-refractivity contribution is -0.117. The van der Waals surface area contributed by atoms with Gasteiger partial charge in [-0.3, -0.25) is 4.79 Å². The Morgan fingerprint density at radius 3 is 2.91 bits per heavy atom. The Morgan fingerprint density at radius 2 is 2.45 bits per heavy atom. The molecule has 0 aromatic carbocycles. The van der Waals surface area contributed by atoms with E-state index in [1.807, 2.05) is 0 Å². The smallest absolute Gasteiger partial charge is 0.280 e. The highest BCUT2D eigenvalue weighted by atomic mass is 16.5. The average molecular weight is 155 g/mol. The van der Waals surface area contributed by atoms with Gasteiger partial charge in [0.05, 0.1) is 0 Å². The Kier molecular flexibility index (Phi) is 2.25. The molecule has 0 fully saturated rings. The van der Waals surface area contributed by atoms with Gasteiger partial charge in [-0.25, -0.2) is 0 Å². The standard InChI is InChI=1S/C7H9NO3/c1-5(9)2-3-6-4-7(10)8-11-6/h4H,2-3H2,1H3,(H,8,10). The monoisotopic (exact) mass is 155 g/mol. The van der Waals surface area contributed by atoms with Crippen molar-refractivity contribution in [1.82, 2.24) is 5.16 Å². The number of carbonyl (C=O) groups is 1. The Balaban J connectivity index is 2.51. The molecule has 0 aliphatic heterocycles. The third-order valence-electron chi connectivity index (χ3n) is 1.30. The summed E-state index contributed by atoms with van der Waals surface area (Å²) in [4.78, 5) is 21.0. The van der Waals surface area contributed by atoms with Crippen molar-refractivity contribution in [2.45, 2.75) is 19.8 Å². The molecule has 1 aromatic heterocycles. The number of rotatable bonds is 3. The lowest BCUT2D eigenvalue weighted by Crippen LogP contribution is -1.94. The van der Waals surface area contributed by atoms with Gasteiger partial charge in [0.1, 0.15) is 11.5 Å². The zero-order valence-electron chi connectivity index (χ0n) is 6.22. The first-order chi connectivity index (χ1) is 5.18. The number of carbonyl (C=O) groups excluding carboxylic acids is 1. The second-order valence-electron chi connectivity index (χ2n) is 2.38. The van der Waals surface area contributed by atoms with E-state index in [9.17, 15) is 9.59 Å². The largest absolute Gasteiger partial charge is 0.384 e. The second-order valence-corrected chi connectivity index (χ2v) is 2.38. The highest BCUT2D eigenvalue weighted by molar-refractivity contribution is 5.75. The van der Waals surface area contributed by atoms with Gasteiger partial charge in [-0.2, -0.15) is 5.16 Å². The molecule has 0 amide bonds. The Hall–Kier alpha value is -1.32. The molecular weight excluding hydrogens is 146 g/mol. The third-order valence-corrected chi connectivity index (χ3v) is 1.30. The molecule has 4 heteroatoms. The molecule has 0 saturated carbocycles. The molecule has 0 atom stereocenters. The summed E-state index contributed by atoms with van der Waals surface area (Å²) in [7, 11) is 0. The van der Waals surface area contributed by atoms with Gasteiger partial charge < -0.3 is 9.32 Å². The molecule has 0 aliphatic carbocycles. The number of nitrogens with one attached hydrogen (secondary N) is 1. The Bertz CT molecular complexity index is 297. The van der Waals surface area contributed by atoms with Crippen LogP contribution in [0.2, 0.25) is 0 Å². The molecule has 1 N–H and O–H groups in total. The summed E-state index contributed by atoms with van der Waals surface area (Å²) in [6.07, 6.45) is 0.912. The summed E-state index contributed by atoms with van der Waals surface area (Å²) < 4.78 is 4.72.